The van der Waals surface area contributed by atoms with Gasteiger partial charge in [0.25, 0.3) is 0 Å². The van der Waals surface area contributed by atoms with Crippen LogP contribution in [0.1, 0.15) is 0 Å². The van der Waals surface area contributed by atoms with Crippen LogP contribution in [0, 0.1) is 0 Å². The summed E-state index contributed by atoms with van der Waals surface area (Å²) in [5.41, 5.74) is 1.81. The number of thiazole rings is 1. The second-order valence-electron chi connectivity index (χ2n) is 2.73. The molecule has 0 aliphatic rings. The first-order valence-corrected chi connectivity index (χ1v) is 5.49. The summed E-state index contributed by atoms with van der Waals surface area (Å²) in [5.74, 6) is 0. The Hall–Kier alpha value is -0.950. The second-order valence-corrected chi connectivity index (χ2v) is 4.93. The number of halogens is 3. The zero-order valence-corrected chi connectivity index (χ0v) is 8.84. The molecule has 0 bridgehead atoms. The van der Waals surface area contributed by atoms with E-state index in [1.54, 1.807) is 0 Å². The van der Waals surface area contributed by atoms with Crippen LogP contribution in [0.5, 0.6) is 0 Å². The molecule has 2 rings (SSSR count). The second kappa shape index (κ2) is 3.57. The average Bonchev–Trinajstić information content (AvgIpc) is 2.40. The lowest BCUT2D eigenvalue weighted by Crippen LogP contribution is -1.98. The van der Waals surface area contributed by atoms with E-state index < -0.39 is 5.51 Å². The van der Waals surface area contributed by atoms with E-state index in [1.807, 2.05) is 0 Å². The topological polar surface area (TPSA) is 38.9 Å². The predicted octanol–water partition coefficient (Wildman–Crippen LogP) is 3.49. The maximum absolute atomic E-state index is 12.1. The molecule has 0 amide bonds. The van der Waals surface area contributed by atoms with Crippen LogP contribution in [0.25, 0.3) is 10.2 Å². The molecular formula is C8H5F3N2S2. The third-order valence-electron chi connectivity index (χ3n) is 1.61. The molecule has 0 saturated carbocycles. The molecule has 1 aromatic heterocycles. The predicted molar refractivity (Wildman–Crippen MR) is 55.9 cm³/mol. The number of thioether (sulfide) groups is 1. The van der Waals surface area contributed by atoms with Gasteiger partial charge in [-0.3, -0.25) is 0 Å². The van der Waals surface area contributed by atoms with Gasteiger partial charge in [-0.25, -0.2) is 4.98 Å². The van der Waals surface area contributed by atoms with Gasteiger partial charge in [0.05, 0.1) is 10.2 Å². The van der Waals surface area contributed by atoms with Crippen molar-refractivity contribution in [3.8, 4) is 0 Å². The Labute approximate surface area is 91.3 Å². The molecule has 1 heterocycles. The number of nitrogen functional groups attached to an aromatic ring is 1. The Bertz CT molecular complexity index is 492. The molecule has 0 saturated heterocycles. The van der Waals surface area contributed by atoms with E-state index >= 15 is 0 Å². The standard InChI is InChI=1S/C8H5F3N2S2/c9-8(10,11)15-4-1-2-5-6(3-4)14-7(12)13-5/h1-3H,(H2,12,13). The van der Waals surface area contributed by atoms with Gasteiger partial charge in [0.2, 0.25) is 0 Å². The first-order chi connectivity index (χ1) is 6.94. The van der Waals surface area contributed by atoms with E-state index in [9.17, 15) is 13.2 Å². The molecule has 0 aliphatic carbocycles. The summed E-state index contributed by atoms with van der Waals surface area (Å²) in [6.45, 7) is 0. The van der Waals surface area contributed by atoms with Crippen LogP contribution in [0.4, 0.5) is 18.3 Å². The Balaban J connectivity index is 2.38. The molecule has 0 atom stereocenters. The van der Waals surface area contributed by atoms with Gasteiger partial charge in [0.1, 0.15) is 0 Å². The summed E-state index contributed by atoms with van der Waals surface area (Å²) in [7, 11) is 0. The molecule has 15 heavy (non-hydrogen) atoms. The third-order valence-corrected chi connectivity index (χ3v) is 3.18. The fraction of sp³-hybridized carbons (Fsp3) is 0.125. The largest absolute Gasteiger partial charge is 0.446 e. The van der Waals surface area contributed by atoms with E-state index in [4.69, 9.17) is 5.73 Å². The van der Waals surface area contributed by atoms with E-state index in [2.05, 4.69) is 4.98 Å². The number of alkyl halides is 3. The zero-order chi connectivity index (χ0) is 11.1. The molecule has 0 unspecified atom stereocenters. The van der Waals surface area contributed by atoms with Crippen LogP contribution in [0.15, 0.2) is 23.1 Å². The molecule has 0 fully saturated rings. The van der Waals surface area contributed by atoms with Gasteiger partial charge in [0.15, 0.2) is 5.13 Å². The van der Waals surface area contributed by atoms with Crippen molar-refractivity contribution in [3.63, 3.8) is 0 Å². The quantitative estimate of drug-likeness (QED) is 0.787. The number of anilines is 1. The first kappa shape index (κ1) is 10.6. The monoisotopic (exact) mass is 250 g/mol. The molecular weight excluding hydrogens is 245 g/mol. The minimum atomic E-state index is -4.26. The summed E-state index contributed by atoms with van der Waals surface area (Å²) in [4.78, 5) is 4.11. The van der Waals surface area contributed by atoms with Gasteiger partial charge in [-0.1, -0.05) is 11.3 Å². The van der Waals surface area contributed by atoms with Gasteiger partial charge in [0, 0.05) is 4.90 Å². The number of hydrogen-bond donors (Lipinski definition) is 1. The maximum atomic E-state index is 12.1. The molecule has 1 aromatic carbocycles. The summed E-state index contributed by atoms with van der Waals surface area (Å²) >= 11 is 1.04. The number of nitrogens with zero attached hydrogens (tertiary/aromatic N) is 1. The van der Waals surface area contributed by atoms with Gasteiger partial charge in [-0.2, -0.15) is 13.2 Å². The average molecular weight is 250 g/mol. The van der Waals surface area contributed by atoms with E-state index in [1.165, 1.54) is 29.5 Å². The molecule has 0 aliphatic heterocycles. The number of nitrogens with two attached hydrogens (primary N) is 1. The van der Waals surface area contributed by atoms with Crippen LogP contribution >= 0.6 is 23.1 Å². The van der Waals surface area contributed by atoms with Crippen molar-refractivity contribution in [3.05, 3.63) is 18.2 Å². The van der Waals surface area contributed by atoms with Crippen molar-refractivity contribution in [1.29, 1.82) is 0 Å². The van der Waals surface area contributed by atoms with Crippen LogP contribution in [-0.4, -0.2) is 10.5 Å². The fourth-order valence-corrected chi connectivity index (χ4v) is 2.55. The molecule has 80 valence electrons. The molecule has 2 N–H and O–H groups in total. The molecule has 7 heteroatoms. The lowest BCUT2D eigenvalue weighted by molar-refractivity contribution is -0.0328. The van der Waals surface area contributed by atoms with Crippen molar-refractivity contribution in [2.75, 3.05) is 5.73 Å². The van der Waals surface area contributed by atoms with Gasteiger partial charge >= 0.3 is 5.51 Å². The number of rotatable bonds is 1. The van der Waals surface area contributed by atoms with Crippen LogP contribution in [0.2, 0.25) is 0 Å². The Morgan fingerprint density at radius 2 is 2.07 bits per heavy atom. The van der Waals surface area contributed by atoms with Crippen LogP contribution in [-0.2, 0) is 0 Å². The van der Waals surface area contributed by atoms with Crippen LogP contribution in [0.3, 0.4) is 0 Å². The minimum Gasteiger partial charge on any atom is -0.375 e. The van der Waals surface area contributed by atoms with Crippen molar-refractivity contribution in [2.24, 2.45) is 0 Å². The van der Waals surface area contributed by atoms with Crippen molar-refractivity contribution in [1.82, 2.24) is 4.98 Å². The van der Waals surface area contributed by atoms with Crippen LogP contribution < -0.4 is 5.73 Å². The number of aromatic nitrogens is 1. The lowest BCUT2D eigenvalue weighted by atomic mass is 10.3. The number of benzene rings is 1. The van der Waals surface area contributed by atoms with Gasteiger partial charge < -0.3 is 5.73 Å². The van der Waals surface area contributed by atoms with E-state index in [-0.39, 0.29) is 16.7 Å². The van der Waals surface area contributed by atoms with Gasteiger partial charge in [-0.15, -0.1) is 0 Å². The number of hydrogen-bond acceptors (Lipinski definition) is 4. The highest BCUT2D eigenvalue weighted by Crippen LogP contribution is 2.38. The fourth-order valence-electron chi connectivity index (χ4n) is 1.12. The molecule has 0 spiro atoms. The first-order valence-electron chi connectivity index (χ1n) is 3.86. The summed E-state index contributed by atoms with van der Waals surface area (Å²) in [6.07, 6.45) is 0. The highest BCUT2D eigenvalue weighted by molar-refractivity contribution is 8.00. The lowest BCUT2D eigenvalue weighted by Gasteiger charge is -2.04. The Morgan fingerprint density at radius 1 is 1.33 bits per heavy atom. The van der Waals surface area contributed by atoms with E-state index in [0.717, 1.165) is 0 Å². The smallest absolute Gasteiger partial charge is 0.375 e. The molecule has 2 aromatic rings. The van der Waals surface area contributed by atoms with Crippen molar-refractivity contribution in [2.45, 2.75) is 10.4 Å². The normalized spacial score (nSPS) is 12.2. The third kappa shape index (κ3) is 2.54. The van der Waals surface area contributed by atoms with Crippen molar-refractivity contribution < 1.29 is 13.2 Å². The SMILES string of the molecule is Nc1nc2ccc(SC(F)(F)F)cc2s1. The summed E-state index contributed by atoms with van der Waals surface area (Å²) in [5, 5.41) is 0.360. The van der Waals surface area contributed by atoms with Crippen molar-refractivity contribution >= 4 is 38.4 Å². The zero-order valence-electron chi connectivity index (χ0n) is 7.21. The Kier molecular flexibility index (Phi) is 2.51. The highest BCUT2D eigenvalue weighted by atomic mass is 32.2. The maximum Gasteiger partial charge on any atom is 0.446 e. The van der Waals surface area contributed by atoms with Gasteiger partial charge in [-0.05, 0) is 30.0 Å². The summed E-state index contributed by atoms with van der Waals surface area (Å²) in [6, 6.07) is 4.37. The minimum absolute atomic E-state index is 0.137. The molecule has 2 nitrogen and oxygen atoms in total. The molecule has 0 radical (unpaired) electrons. The number of fused-ring (bicyclic) bond motifs is 1. The van der Waals surface area contributed by atoms with E-state index in [0.29, 0.717) is 15.3 Å². The highest BCUT2D eigenvalue weighted by Gasteiger charge is 2.29. The summed E-state index contributed by atoms with van der Waals surface area (Å²) < 4.78 is 36.9. The Morgan fingerprint density at radius 3 is 2.73 bits per heavy atom.